The standard InChI is InChI=1S/C30H43N3O4/c1-6-8-9-13-20-33(26(34)22-32-29(36)37-30(3,4)5)27(25-18-16-23(7-2)17-19-25)28(35)31-21-24-14-11-10-12-15-24/h10-12,14-19,27H,6-9,13,20-22H2,1-5H3,(H,31,35)(H,32,36). The molecule has 1 atom stereocenters. The fraction of sp³-hybridized carbons (Fsp3) is 0.500. The molecule has 0 aromatic heterocycles. The maximum Gasteiger partial charge on any atom is 0.408 e. The van der Waals surface area contributed by atoms with Crippen molar-refractivity contribution in [3.63, 3.8) is 0 Å². The van der Waals surface area contributed by atoms with Crippen molar-refractivity contribution in [1.82, 2.24) is 15.5 Å². The Morgan fingerprint density at radius 3 is 2.14 bits per heavy atom. The monoisotopic (exact) mass is 509 g/mol. The minimum Gasteiger partial charge on any atom is -0.444 e. The van der Waals surface area contributed by atoms with Crippen LogP contribution >= 0.6 is 0 Å². The first-order valence-corrected chi connectivity index (χ1v) is 13.3. The van der Waals surface area contributed by atoms with Crippen LogP contribution in [-0.4, -0.2) is 41.5 Å². The highest BCUT2D eigenvalue weighted by atomic mass is 16.6. The Hall–Kier alpha value is -3.35. The molecule has 37 heavy (non-hydrogen) atoms. The lowest BCUT2D eigenvalue weighted by molar-refractivity contribution is -0.140. The summed E-state index contributed by atoms with van der Waals surface area (Å²) in [7, 11) is 0. The van der Waals surface area contributed by atoms with E-state index in [4.69, 9.17) is 4.74 Å². The van der Waals surface area contributed by atoms with E-state index in [2.05, 4.69) is 24.5 Å². The van der Waals surface area contributed by atoms with Crippen LogP contribution in [0, 0.1) is 0 Å². The number of amides is 3. The number of hydrogen-bond donors (Lipinski definition) is 2. The number of ether oxygens (including phenoxy) is 1. The fourth-order valence-corrected chi connectivity index (χ4v) is 3.96. The van der Waals surface area contributed by atoms with Gasteiger partial charge in [-0.25, -0.2) is 4.79 Å². The fourth-order valence-electron chi connectivity index (χ4n) is 3.96. The second kappa shape index (κ2) is 15.0. The molecule has 0 saturated carbocycles. The first-order valence-electron chi connectivity index (χ1n) is 13.3. The maximum absolute atomic E-state index is 13.6. The Balaban J connectivity index is 2.30. The van der Waals surface area contributed by atoms with Crippen molar-refractivity contribution in [3.05, 3.63) is 71.3 Å². The summed E-state index contributed by atoms with van der Waals surface area (Å²) in [6.07, 6.45) is 4.05. The predicted molar refractivity (Wildman–Crippen MR) is 147 cm³/mol. The number of carbonyl (C=O) groups excluding carboxylic acids is 3. The van der Waals surface area contributed by atoms with Crippen LogP contribution < -0.4 is 10.6 Å². The van der Waals surface area contributed by atoms with Crippen molar-refractivity contribution in [2.45, 2.75) is 84.9 Å². The number of hydrogen-bond acceptors (Lipinski definition) is 4. The number of nitrogens with zero attached hydrogens (tertiary/aromatic N) is 1. The maximum atomic E-state index is 13.6. The predicted octanol–water partition coefficient (Wildman–Crippen LogP) is 5.54. The molecule has 0 fully saturated rings. The third-order valence-corrected chi connectivity index (χ3v) is 5.93. The molecule has 2 N–H and O–H groups in total. The van der Waals surface area contributed by atoms with E-state index in [0.29, 0.717) is 13.1 Å². The van der Waals surface area contributed by atoms with Crippen LogP contribution in [0.15, 0.2) is 54.6 Å². The third kappa shape index (κ3) is 10.7. The van der Waals surface area contributed by atoms with Gasteiger partial charge < -0.3 is 20.3 Å². The average Bonchev–Trinajstić information content (AvgIpc) is 2.87. The molecule has 3 amide bonds. The summed E-state index contributed by atoms with van der Waals surface area (Å²) in [5, 5.41) is 5.57. The minimum absolute atomic E-state index is 0.252. The molecule has 0 aliphatic heterocycles. The molecule has 7 heteroatoms. The molecule has 0 spiro atoms. The first-order chi connectivity index (χ1) is 17.6. The molecule has 1 unspecified atom stereocenters. The van der Waals surface area contributed by atoms with Crippen LogP contribution in [0.4, 0.5) is 4.79 Å². The molecule has 0 bridgehead atoms. The number of nitrogens with one attached hydrogen (secondary N) is 2. The lowest BCUT2D eigenvalue weighted by atomic mass is 10.0. The van der Waals surface area contributed by atoms with Gasteiger partial charge in [0.05, 0.1) is 0 Å². The molecular weight excluding hydrogens is 466 g/mol. The number of carbonyl (C=O) groups is 3. The van der Waals surface area contributed by atoms with Crippen LogP contribution in [-0.2, 0) is 27.3 Å². The van der Waals surface area contributed by atoms with Crippen molar-refractivity contribution >= 4 is 17.9 Å². The molecule has 2 rings (SSSR count). The van der Waals surface area contributed by atoms with Gasteiger partial charge in [0.1, 0.15) is 18.2 Å². The van der Waals surface area contributed by atoms with Crippen molar-refractivity contribution in [3.8, 4) is 0 Å². The van der Waals surface area contributed by atoms with Crippen LogP contribution in [0.1, 0.15) is 83.0 Å². The normalized spacial score (nSPS) is 11.9. The van der Waals surface area contributed by atoms with E-state index in [1.54, 1.807) is 25.7 Å². The Bertz CT molecular complexity index is 984. The van der Waals surface area contributed by atoms with Gasteiger partial charge in [-0.1, -0.05) is 87.7 Å². The Kier molecular flexibility index (Phi) is 12.1. The zero-order valence-electron chi connectivity index (χ0n) is 23.0. The summed E-state index contributed by atoms with van der Waals surface area (Å²) in [5.74, 6) is -0.587. The lowest BCUT2D eigenvalue weighted by Crippen LogP contribution is -2.48. The molecule has 0 aliphatic carbocycles. The van der Waals surface area contributed by atoms with Crippen molar-refractivity contribution in [2.75, 3.05) is 13.1 Å². The van der Waals surface area contributed by atoms with Crippen LogP contribution in [0.25, 0.3) is 0 Å². The average molecular weight is 510 g/mol. The number of aryl methyl sites for hydroxylation is 1. The highest BCUT2D eigenvalue weighted by Crippen LogP contribution is 2.24. The highest BCUT2D eigenvalue weighted by molar-refractivity contribution is 5.90. The third-order valence-electron chi connectivity index (χ3n) is 5.93. The van der Waals surface area contributed by atoms with Gasteiger partial charge >= 0.3 is 6.09 Å². The summed E-state index contributed by atoms with van der Waals surface area (Å²) in [6, 6.07) is 16.7. The smallest absolute Gasteiger partial charge is 0.408 e. The molecule has 2 aromatic rings. The number of benzene rings is 2. The van der Waals surface area contributed by atoms with Gasteiger partial charge in [-0.05, 0) is 50.3 Å². The van der Waals surface area contributed by atoms with Crippen molar-refractivity contribution in [2.24, 2.45) is 0 Å². The lowest BCUT2D eigenvalue weighted by Gasteiger charge is -2.32. The SMILES string of the molecule is CCCCCCN(C(=O)CNC(=O)OC(C)(C)C)C(C(=O)NCc1ccccc1)c1ccc(CC)cc1. The van der Waals surface area contributed by atoms with E-state index in [1.165, 1.54) is 0 Å². The number of rotatable bonds is 13. The Morgan fingerprint density at radius 2 is 1.54 bits per heavy atom. The van der Waals surface area contributed by atoms with Gasteiger partial charge in [0.2, 0.25) is 11.8 Å². The molecule has 0 saturated heterocycles. The van der Waals surface area contributed by atoms with E-state index in [9.17, 15) is 14.4 Å². The van der Waals surface area contributed by atoms with Crippen molar-refractivity contribution in [1.29, 1.82) is 0 Å². The molecule has 202 valence electrons. The summed E-state index contributed by atoms with van der Waals surface area (Å²) in [5.41, 5.74) is 2.19. The van der Waals surface area contributed by atoms with Gasteiger partial charge in [0.15, 0.2) is 0 Å². The van der Waals surface area contributed by atoms with E-state index in [0.717, 1.165) is 48.8 Å². The van der Waals surface area contributed by atoms with E-state index in [-0.39, 0.29) is 18.4 Å². The zero-order chi connectivity index (χ0) is 27.3. The van der Waals surface area contributed by atoms with Gasteiger partial charge in [0.25, 0.3) is 0 Å². The van der Waals surface area contributed by atoms with E-state index < -0.39 is 17.7 Å². The van der Waals surface area contributed by atoms with Gasteiger partial charge in [-0.2, -0.15) is 0 Å². The molecule has 0 aliphatic rings. The first kappa shape index (κ1) is 29.9. The molecular formula is C30H43N3O4. The minimum atomic E-state index is -0.816. The van der Waals surface area contributed by atoms with Crippen LogP contribution in [0.2, 0.25) is 0 Å². The summed E-state index contributed by atoms with van der Waals surface area (Å²) >= 11 is 0. The quantitative estimate of drug-likeness (QED) is 0.347. The Morgan fingerprint density at radius 1 is 0.865 bits per heavy atom. The molecule has 2 aromatic carbocycles. The van der Waals surface area contributed by atoms with Crippen LogP contribution in [0.3, 0.4) is 0 Å². The zero-order valence-corrected chi connectivity index (χ0v) is 23.0. The second-order valence-electron chi connectivity index (χ2n) is 10.2. The number of unbranched alkanes of at least 4 members (excludes halogenated alkanes) is 3. The van der Waals surface area contributed by atoms with Crippen molar-refractivity contribution < 1.29 is 19.1 Å². The Labute approximate surface area is 222 Å². The van der Waals surface area contributed by atoms with Gasteiger partial charge in [-0.15, -0.1) is 0 Å². The number of alkyl carbamates (subject to hydrolysis) is 1. The highest BCUT2D eigenvalue weighted by Gasteiger charge is 2.31. The molecule has 0 radical (unpaired) electrons. The van der Waals surface area contributed by atoms with Gasteiger partial charge in [0, 0.05) is 13.1 Å². The molecule has 0 heterocycles. The summed E-state index contributed by atoms with van der Waals surface area (Å²) in [6.45, 7) is 10.0. The topological polar surface area (TPSA) is 87.7 Å². The molecule has 7 nitrogen and oxygen atoms in total. The second-order valence-corrected chi connectivity index (χ2v) is 10.2. The summed E-state index contributed by atoms with van der Waals surface area (Å²) < 4.78 is 5.29. The van der Waals surface area contributed by atoms with E-state index >= 15 is 0 Å². The summed E-state index contributed by atoms with van der Waals surface area (Å²) in [4.78, 5) is 40.9. The van der Waals surface area contributed by atoms with Gasteiger partial charge in [-0.3, -0.25) is 9.59 Å². The largest absolute Gasteiger partial charge is 0.444 e. The van der Waals surface area contributed by atoms with Crippen LogP contribution in [0.5, 0.6) is 0 Å². The van der Waals surface area contributed by atoms with E-state index in [1.807, 2.05) is 54.6 Å².